The lowest BCUT2D eigenvalue weighted by Crippen LogP contribution is -2.51. The van der Waals surface area contributed by atoms with E-state index in [1.807, 2.05) is 20.8 Å². The van der Waals surface area contributed by atoms with Gasteiger partial charge in [0.2, 0.25) is 0 Å². The van der Waals surface area contributed by atoms with E-state index >= 15 is 0 Å². The number of amides is 3. The Morgan fingerprint density at radius 3 is 2.34 bits per heavy atom. The molecule has 0 saturated carbocycles. The quantitative estimate of drug-likeness (QED) is 0.653. The third-order valence-electron chi connectivity index (χ3n) is 5.60. The van der Waals surface area contributed by atoms with Crippen molar-refractivity contribution >= 4 is 23.6 Å². The maximum atomic E-state index is 13.9. The summed E-state index contributed by atoms with van der Waals surface area (Å²) in [5.74, 6) is -1.45. The number of hydrogen-bond donors (Lipinski definition) is 2. The van der Waals surface area contributed by atoms with Crippen molar-refractivity contribution in [3.63, 3.8) is 0 Å². The van der Waals surface area contributed by atoms with E-state index in [0.717, 1.165) is 5.56 Å². The van der Waals surface area contributed by atoms with Crippen LogP contribution in [0.3, 0.4) is 0 Å². The maximum Gasteiger partial charge on any atom is 0.410 e. The highest BCUT2D eigenvalue weighted by Crippen LogP contribution is 2.19. The van der Waals surface area contributed by atoms with Crippen LogP contribution in [0.15, 0.2) is 42.5 Å². The molecule has 1 aliphatic rings. The summed E-state index contributed by atoms with van der Waals surface area (Å²) in [6, 6.07) is 10.7. The number of anilines is 1. The molecule has 1 aliphatic heterocycles. The van der Waals surface area contributed by atoms with Gasteiger partial charge in [-0.15, -0.1) is 0 Å². The van der Waals surface area contributed by atoms with Crippen LogP contribution in [0.1, 0.15) is 47.1 Å². The van der Waals surface area contributed by atoms with E-state index in [-0.39, 0.29) is 17.6 Å². The molecule has 2 aromatic rings. The molecule has 1 fully saturated rings. The number of benzene rings is 2. The van der Waals surface area contributed by atoms with Crippen LogP contribution in [0.2, 0.25) is 0 Å². The van der Waals surface area contributed by atoms with Gasteiger partial charge in [-0.3, -0.25) is 14.5 Å². The Kier molecular flexibility index (Phi) is 8.45. The highest BCUT2D eigenvalue weighted by atomic mass is 19.1. The molecule has 1 saturated heterocycles. The van der Waals surface area contributed by atoms with Crippen LogP contribution in [0.25, 0.3) is 0 Å². The lowest BCUT2D eigenvalue weighted by Gasteiger charge is -2.35. The molecule has 188 valence electrons. The van der Waals surface area contributed by atoms with Crippen LogP contribution in [0.4, 0.5) is 14.9 Å². The zero-order chi connectivity index (χ0) is 25.6. The van der Waals surface area contributed by atoms with Gasteiger partial charge in [0.25, 0.3) is 11.8 Å². The van der Waals surface area contributed by atoms with Gasteiger partial charge in [-0.2, -0.15) is 0 Å². The number of rotatable bonds is 6. The summed E-state index contributed by atoms with van der Waals surface area (Å²) in [7, 11) is 0. The van der Waals surface area contributed by atoms with Gasteiger partial charge in [0.1, 0.15) is 11.4 Å². The summed E-state index contributed by atoms with van der Waals surface area (Å²) in [4.78, 5) is 41.2. The Bertz CT molecular complexity index is 1080. The van der Waals surface area contributed by atoms with Crippen molar-refractivity contribution in [3.05, 3.63) is 65.0 Å². The van der Waals surface area contributed by atoms with E-state index in [2.05, 4.69) is 15.5 Å². The van der Waals surface area contributed by atoms with Gasteiger partial charge < -0.3 is 20.3 Å². The second kappa shape index (κ2) is 11.3. The molecule has 0 aromatic heterocycles. The van der Waals surface area contributed by atoms with Crippen LogP contribution in [0.5, 0.6) is 0 Å². The van der Waals surface area contributed by atoms with E-state index in [1.165, 1.54) is 18.2 Å². The Labute approximate surface area is 205 Å². The molecule has 2 aromatic carbocycles. The van der Waals surface area contributed by atoms with Crippen LogP contribution in [0, 0.1) is 12.7 Å². The highest BCUT2D eigenvalue weighted by Gasteiger charge is 2.25. The smallest absolute Gasteiger partial charge is 0.410 e. The van der Waals surface area contributed by atoms with Crippen molar-refractivity contribution in [2.45, 2.75) is 33.3 Å². The van der Waals surface area contributed by atoms with Crippen LogP contribution >= 0.6 is 0 Å². The number of hydrogen-bond acceptors (Lipinski definition) is 5. The largest absolute Gasteiger partial charge is 0.444 e. The van der Waals surface area contributed by atoms with E-state index in [4.69, 9.17) is 4.74 Å². The van der Waals surface area contributed by atoms with Crippen LogP contribution < -0.4 is 10.6 Å². The van der Waals surface area contributed by atoms with E-state index in [9.17, 15) is 18.8 Å². The molecule has 3 amide bonds. The Morgan fingerprint density at radius 2 is 1.69 bits per heavy atom. The second-order valence-corrected chi connectivity index (χ2v) is 9.53. The predicted molar refractivity (Wildman–Crippen MR) is 132 cm³/mol. The van der Waals surface area contributed by atoms with Crippen molar-refractivity contribution < 1.29 is 23.5 Å². The Hall–Kier alpha value is -3.46. The topological polar surface area (TPSA) is 91.0 Å². The third-order valence-corrected chi connectivity index (χ3v) is 5.60. The van der Waals surface area contributed by atoms with Crippen LogP contribution in [-0.4, -0.2) is 72.6 Å². The van der Waals surface area contributed by atoms with Gasteiger partial charge in [-0.1, -0.05) is 18.2 Å². The number of ether oxygens (including phenoxy) is 1. The number of nitrogens with zero attached hydrogens (tertiary/aromatic N) is 2. The normalized spacial score (nSPS) is 14.4. The number of nitrogens with one attached hydrogen (secondary N) is 2. The van der Waals surface area contributed by atoms with E-state index in [0.29, 0.717) is 50.5 Å². The fraction of sp³-hybridized carbons (Fsp3) is 0.423. The summed E-state index contributed by atoms with van der Waals surface area (Å²) in [6.45, 7) is 11.0. The number of aryl methyl sites for hydroxylation is 1. The summed E-state index contributed by atoms with van der Waals surface area (Å²) < 4.78 is 19.3. The van der Waals surface area contributed by atoms with Crippen molar-refractivity contribution in [1.29, 1.82) is 0 Å². The third kappa shape index (κ3) is 7.51. The fourth-order valence-electron chi connectivity index (χ4n) is 3.64. The number of piperazine rings is 1. The molecule has 0 unspecified atom stereocenters. The first kappa shape index (κ1) is 26.2. The number of halogens is 1. The van der Waals surface area contributed by atoms with Crippen molar-refractivity contribution in [2.75, 3.05) is 44.6 Å². The van der Waals surface area contributed by atoms with Gasteiger partial charge >= 0.3 is 6.09 Å². The molecule has 2 N–H and O–H groups in total. The minimum atomic E-state index is -0.608. The van der Waals surface area contributed by atoms with Crippen molar-refractivity contribution in [3.8, 4) is 0 Å². The van der Waals surface area contributed by atoms with Gasteiger partial charge in [-0.25, -0.2) is 9.18 Å². The number of carbonyl (C=O) groups excluding carboxylic acids is 3. The lowest BCUT2D eigenvalue weighted by molar-refractivity contribution is 0.0147. The average molecular weight is 485 g/mol. The van der Waals surface area contributed by atoms with E-state index < -0.39 is 17.3 Å². The molecule has 1 heterocycles. The minimum Gasteiger partial charge on any atom is -0.444 e. The van der Waals surface area contributed by atoms with Gasteiger partial charge in [0.15, 0.2) is 0 Å². The zero-order valence-corrected chi connectivity index (χ0v) is 20.7. The second-order valence-electron chi connectivity index (χ2n) is 9.53. The molecule has 0 atom stereocenters. The summed E-state index contributed by atoms with van der Waals surface area (Å²) in [5, 5.41) is 5.58. The predicted octanol–water partition coefficient (Wildman–Crippen LogP) is 3.67. The molecule has 0 bridgehead atoms. The van der Waals surface area contributed by atoms with Crippen LogP contribution in [-0.2, 0) is 4.74 Å². The summed E-state index contributed by atoms with van der Waals surface area (Å²) >= 11 is 0. The summed E-state index contributed by atoms with van der Waals surface area (Å²) in [5.41, 5.74) is 1.02. The first-order valence-corrected chi connectivity index (χ1v) is 11.7. The molecular weight excluding hydrogens is 451 g/mol. The molecule has 9 heteroatoms. The fourth-order valence-corrected chi connectivity index (χ4v) is 3.64. The van der Waals surface area contributed by atoms with Gasteiger partial charge in [0.05, 0.1) is 5.56 Å². The molecule has 0 spiro atoms. The zero-order valence-electron chi connectivity index (χ0n) is 20.7. The SMILES string of the molecule is Cc1ccc(C(=O)NCCN2CCN(C(=O)OC(C)(C)C)CC2)cc1NC(=O)c1ccccc1F. The van der Waals surface area contributed by atoms with E-state index in [1.54, 1.807) is 36.1 Å². The molecule has 3 rings (SSSR count). The standard InChI is InChI=1S/C26H33FN4O4/c1-18-9-10-19(17-22(18)29-24(33)20-7-5-6-8-21(20)27)23(32)28-11-12-30-13-15-31(16-14-30)25(34)35-26(2,3)4/h5-10,17H,11-16H2,1-4H3,(H,28,32)(H,29,33). The molecule has 35 heavy (non-hydrogen) atoms. The summed E-state index contributed by atoms with van der Waals surface area (Å²) in [6.07, 6.45) is -0.303. The minimum absolute atomic E-state index is 0.0616. The Morgan fingerprint density at radius 1 is 1.00 bits per heavy atom. The maximum absolute atomic E-state index is 13.9. The highest BCUT2D eigenvalue weighted by molar-refractivity contribution is 6.05. The van der Waals surface area contributed by atoms with Gasteiger partial charge in [0, 0.05) is 50.5 Å². The Balaban J connectivity index is 1.48. The molecule has 0 radical (unpaired) electrons. The molecule has 0 aliphatic carbocycles. The number of carbonyl (C=O) groups is 3. The lowest BCUT2D eigenvalue weighted by atomic mass is 10.1. The van der Waals surface area contributed by atoms with Gasteiger partial charge in [-0.05, 0) is 57.5 Å². The molecule has 8 nitrogen and oxygen atoms in total. The first-order chi connectivity index (χ1) is 16.5. The average Bonchev–Trinajstić information content (AvgIpc) is 2.80. The first-order valence-electron chi connectivity index (χ1n) is 11.7. The monoisotopic (exact) mass is 484 g/mol. The van der Waals surface area contributed by atoms with Crippen molar-refractivity contribution in [2.24, 2.45) is 0 Å². The van der Waals surface area contributed by atoms with Crippen molar-refractivity contribution in [1.82, 2.24) is 15.1 Å². The molecular formula is C26H33FN4O4.